The van der Waals surface area contributed by atoms with Gasteiger partial charge in [-0.2, -0.15) is 0 Å². The average molecular weight is 472 g/mol. The first kappa shape index (κ1) is 22.1. The van der Waals surface area contributed by atoms with Crippen LogP contribution in [0.25, 0.3) is 11.0 Å². The number of aromatic nitrogens is 2. The van der Waals surface area contributed by atoms with Crippen LogP contribution >= 0.6 is 47.8 Å². The monoisotopic (exact) mass is 470 g/mol. The standard InChI is InChI=1S/C20H20Cl2N4OS.ClH/c21-15-10-17-18(11-16(15)22)26(19(27)24-17)20(28)23-14-6-4-13(5-7-14)12-25-8-2-1-3-9-25;/h4-7,10-11H,1-3,8-9,12H2,(H,23,28)(H,24,27);1H. The van der Waals surface area contributed by atoms with Crippen molar-refractivity contribution in [2.24, 2.45) is 0 Å². The Morgan fingerprint density at radius 2 is 1.72 bits per heavy atom. The fourth-order valence-corrected chi connectivity index (χ4v) is 4.17. The Hall–Kier alpha value is -1.57. The zero-order chi connectivity index (χ0) is 19.7. The molecule has 0 atom stereocenters. The molecule has 2 heterocycles. The molecule has 0 spiro atoms. The second-order valence-corrected chi connectivity index (χ2v) is 8.21. The minimum Gasteiger partial charge on any atom is -0.332 e. The number of nitrogens with zero attached hydrogens (tertiary/aromatic N) is 2. The number of likely N-dealkylation sites (tertiary alicyclic amines) is 1. The van der Waals surface area contributed by atoms with Crippen molar-refractivity contribution >= 4 is 69.7 Å². The maximum absolute atomic E-state index is 12.4. The Morgan fingerprint density at radius 3 is 2.41 bits per heavy atom. The quantitative estimate of drug-likeness (QED) is 0.510. The second-order valence-electron chi connectivity index (χ2n) is 7.01. The summed E-state index contributed by atoms with van der Waals surface area (Å²) < 4.78 is 1.38. The van der Waals surface area contributed by atoms with Gasteiger partial charge in [0.25, 0.3) is 0 Å². The summed E-state index contributed by atoms with van der Waals surface area (Å²) in [5.74, 6) is 0. The van der Waals surface area contributed by atoms with E-state index in [0.717, 1.165) is 12.2 Å². The fraction of sp³-hybridized carbons (Fsp3) is 0.300. The molecule has 0 unspecified atom stereocenters. The van der Waals surface area contributed by atoms with Crippen LogP contribution < -0.4 is 11.0 Å². The number of hydrogen-bond acceptors (Lipinski definition) is 3. The van der Waals surface area contributed by atoms with Crippen molar-refractivity contribution in [1.29, 1.82) is 0 Å². The van der Waals surface area contributed by atoms with Gasteiger partial charge in [0, 0.05) is 12.2 Å². The number of benzene rings is 2. The summed E-state index contributed by atoms with van der Waals surface area (Å²) in [6.07, 6.45) is 3.90. The smallest absolute Gasteiger partial charge is 0.332 e. The van der Waals surface area contributed by atoms with E-state index in [4.69, 9.17) is 35.4 Å². The van der Waals surface area contributed by atoms with Gasteiger partial charge in [-0.15, -0.1) is 12.4 Å². The van der Waals surface area contributed by atoms with Crippen LogP contribution in [0.15, 0.2) is 41.2 Å². The first-order valence-electron chi connectivity index (χ1n) is 9.24. The van der Waals surface area contributed by atoms with Gasteiger partial charge in [0.2, 0.25) is 0 Å². The van der Waals surface area contributed by atoms with Crippen molar-refractivity contribution in [2.45, 2.75) is 25.8 Å². The zero-order valence-corrected chi connectivity index (χ0v) is 18.7. The second kappa shape index (κ2) is 9.49. The van der Waals surface area contributed by atoms with E-state index >= 15 is 0 Å². The molecule has 154 valence electrons. The highest BCUT2D eigenvalue weighted by atomic mass is 35.5. The van der Waals surface area contributed by atoms with Gasteiger partial charge in [-0.25, -0.2) is 9.36 Å². The van der Waals surface area contributed by atoms with Gasteiger partial charge in [-0.1, -0.05) is 41.8 Å². The lowest BCUT2D eigenvalue weighted by molar-refractivity contribution is 0.221. The number of hydrogen-bond donors (Lipinski definition) is 2. The van der Waals surface area contributed by atoms with E-state index < -0.39 is 0 Å². The molecule has 2 N–H and O–H groups in total. The topological polar surface area (TPSA) is 53.1 Å². The molecule has 1 aromatic heterocycles. The molecule has 3 aromatic rings. The van der Waals surface area contributed by atoms with Gasteiger partial charge in [-0.05, 0) is 68.0 Å². The molecule has 4 rings (SSSR count). The summed E-state index contributed by atoms with van der Waals surface area (Å²) in [7, 11) is 0. The van der Waals surface area contributed by atoms with E-state index in [1.165, 1.54) is 42.5 Å². The van der Waals surface area contributed by atoms with Gasteiger partial charge in [-0.3, -0.25) is 4.90 Å². The summed E-state index contributed by atoms with van der Waals surface area (Å²) in [5, 5.41) is 4.15. The van der Waals surface area contributed by atoms with Crippen LogP contribution in [0.3, 0.4) is 0 Å². The summed E-state index contributed by atoms with van der Waals surface area (Å²) in [5.41, 5.74) is 2.92. The molecular weight excluding hydrogens is 451 g/mol. The molecule has 2 aromatic carbocycles. The summed E-state index contributed by atoms with van der Waals surface area (Å²) in [4.78, 5) is 17.6. The molecule has 5 nitrogen and oxygen atoms in total. The summed E-state index contributed by atoms with van der Waals surface area (Å²) in [6.45, 7) is 3.30. The number of fused-ring (bicyclic) bond motifs is 1. The number of aromatic amines is 1. The molecule has 1 fully saturated rings. The highest BCUT2D eigenvalue weighted by molar-refractivity contribution is 7.80. The van der Waals surface area contributed by atoms with E-state index in [-0.39, 0.29) is 23.2 Å². The van der Waals surface area contributed by atoms with Crippen molar-refractivity contribution in [3.05, 3.63) is 62.5 Å². The maximum Gasteiger partial charge on any atom is 0.332 e. The van der Waals surface area contributed by atoms with Crippen LogP contribution in [0.4, 0.5) is 5.69 Å². The lowest BCUT2D eigenvalue weighted by atomic mass is 10.1. The van der Waals surface area contributed by atoms with Crippen molar-refractivity contribution < 1.29 is 0 Å². The molecule has 29 heavy (non-hydrogen) atoms. The Kier molecular flexibility index (Phi) is 7.24. The van der Waals surface area contributed by atoms with Crippen molar-refractivity contribution in [1.82, 2.24) is 14.5 Å². The fourth-order valence-electron chi connectivity index (χ4n) is 3.55. The van der Waals surface area contributed by atoms with Gasteiger partial charge in [0.05, 0.1) is 21.1 Å². The maximum atomic E-state index is 12.4. The lowest BCUT2D eigenvalue weighted by Crippen LogP contribution is -2.29. The molecule has 0 aliphatic carbocycles. The number of imidazole rings is 1. The van der Waals surface area contributed by atoms with Crippen LogP contribution in [-0.2, 0) is 6.54 Å². The van der Waals surface area contributed by atoms with E-state index in [1.807, 2.05) is 12.1 Å². The Bertz CT molecular complexity index is 1070. The minimum absolute atomic E-state index is 0. The van der Waals surface area contributed by atoms with Gasteiger partial charge in [0.1, 0.15) is 0 Å². The zero-order valence-electron chi connectivity index (χ0n) is 15.6. The molecular formula is C20H21Cl3N4OS. The number of thiocarbonyl (C=S) groups is 1. The Labute approximate surface area is 190 Å². The minimum atomic E-state index is -0.340. The van der Waals surface area contributed by atoms with E-state index in [9.17, 15) is 4.79 Å². The van der Waals surface area contributed by atoms with Crippen LogP contribution in [-0.4, -0.2) is 32.7 Å². The molecule has 1 aliphatic heterocycles. The van der Waals surface area contributed by atoms with Crippen LogP contribution in [0.2, 0.25) is 10.0 Å². The van der Waals surface area contributed by atoms with Crippen LogP contribution in [0.5, 0.6) is 0 Å². The molecule has 0 radical (unpaired) electrons. The summed E-state index contributed by atoms with van der Waals surface area (Å²) >= 11 is 17.6. The van der Waals surface area contributed by atoms with E-state index in [2.05, 4.69) is 27.3 Å². The van der Waals surface area contributed by atoms with Gasteiger partial charge < -0.3 is 10.3 Å². The SMILES string of the molecule is Cl.O=c1[nH]c2cc(Cl)c(Cl)cc2n1C(=S)Nc1ccc(CN2CCCCC2)cc1. The van der Waals surface area contributed by atoms with Crippen LogP contribution in [0.1, 0.15) is 24.8 Å². The predicted molar refractivity (Wildman–Crippen MR) is 127 cm³/mol. The highest BCUT2D eigenvalue weighted by Crippen LogP contribution is 2.26. The molecule has 9 heteroatoms. The first-order valence-corrected chi connectivity index (χ1v) is 10.4. The third kappa shape index (κ3) is 4.95. The summed E-state index contributed by atoms with van der Waals surface area (Å²) in [6, 6.07) is 11.4. The number of anilines is 1. The normalized spacial score (nSPS) is 14.6. The molecule has 1 saturated heterocycles. The first-order chi connectivity index (χ1) is 13.5. The van der Waals surface area contributed by atoms with Crippen LogP contribution in [0, 0.1) is 0 Å². The number of piperidine rings is 1. The molecule has 0 saturated carbocycles. The van der Waals surface area contributed by atoms with Gasteiger partial charge >= 0.3 is 5.69 Å². The van der Waals surface area contributed by atoms with E-state index in [1.54, 1.807) is 12.1 Å². The number of halogens is 3. The van der Waals surface area contributed by atoms with Crippen molar-refractivity contribution in [3.63, 3.8) is 0 Å². The lowest BCUT2D eigenvalue weighted by Gasteiger charge is -2.26. The predicted octanol–water partition coefficient (Wildman–Crippen LogP) is 5.29. The van der Waals surface area contributed by atoms with Crippen molar-refractivity contribution in [2.75, 3.05) is 18.4 Å². The van der Waals surface area contributed by atoms with Gasteiger partial charge in [0.15, 0.2) is 5.11 Å². The Balaban J connectivity index is 0.00000240. The molecule has 1 aliphatic rings. The van der Waals surface area contributed by atoms with Crippen molar-refractivity contribution in [3.8, 4) is 0 Å². The largest absolute Gasteiger partial charge is 0.332 e. The third-order valence-corrected chi connectivity index (χ3v) is 5.99. The number of H-pyrrole nitrogens is 1. The Morgan fingerprint density at radius 1 is 1.07 bits per heavy atom. The number of rotatable bonds is 3. The third-order valence-electron chi connectivity index (χ3n) is 4.99. The highest BCUT2D eigenvalue weighted by Gasteiger charge is 2.14. The average Bonchev–Trinajstić information content (AvgIpc) is 2.99. The number of nitrogens with one attached hydrogen (secondary N) is 2. The molecule has 0 bridgehead atoms. The van der Waals surface area contributed by atoms with E-state index in [0.29, 0.717) is 21.1 Å². The molecule has 0 amide bonds.